The van der Waals surface area contributed by atoms with Crippen LogP contribution in [0.15, 0.2) is 18.2 Å². The highest BCUT2D eigenvalue weighted by molar-refractivity contribution is 5.97. The van der Waals surface area contributed by atoms with Crippen molar-refractivity contribution in [2.24, 2.45) is 5.41 Å². The van der Waals surface area contributed by atoms with Gasteiger partial charge in [-0.25, -0.2) is 0 Å². The van der Waals surface area contributed by atoms with E-state index in [2.05, 4.69) is 10.6 Å². The van der Waals surface area contributed by atoms with E-state index in [1.54, 1.807) is 45.9 Å². The summed E-state index contributed by atoms with van der Waals surface area (Å²) in [5.74, 6) is 0.845. The van der Waals surface area contributed by atoms with Crippen LogP contribution in [0.1, 0.15) is 34.1 Å². The molecule has 0 saturated carbocycles. The first kappa shape index (κ1) is 17.1. The van der Waals surface area contributed by atoms with Crippen LogP contribution in [0.25, 0.3) is 0 Å². The molecule has 1 aromatic rings. The first-order valence-electron chi connectivity index (χ1n) is 7.79. The van der Waals surface area contributed by atoms with E-state index in [1.807, 2.05) is 0 Å². The third kappa shape index (κ3) is 4.61. The summed E-state index contributed by atoms with van der Waals surface area (Å²) < 4.78 is 11.1. The van der Waals surface area contributed by atoms with Crippen molar-refractivity contribution in [1.29, 1.82) is 0 Å². The highest BCUT2D eigenvalue weighted by Crippen LogP contribution is 2.32. The summed E-state index contributed by atoms with van der Waals surface area (Å²) in [7, 11) is 0. The second-order valence-corrected chi connectivity index (χ2v) is 6.65. The van der Waals surface area contributed by atoms with Gasteiger partial charge in [0.25, 0.3) is 0 Å². The summed E-state index contributed by atoms with van der Waals surface area (Å²) in [6, 6.07) is 4.63. The maximum absolute atomic E-state index is 12.2. The van der Waals surface area contributed by atoms with Crippen molar-refractivity contribution in [3.05, 3.63) is 18.2 Å². The van der Waals surface area contributed by atoms with Crippen molar-refractivity contribution in [2.45, 2.75) is 40.2 Å². The van der Waals surface area contributed by atoms with Crippen molar-refractivity contribution in [1.82, 2.24) is 5.32 Å². The van der Waals surface area contributed by atoms with E-state index >= 15 is 0 Å². The van der Waals surface area contributed by atoms with E-state index in [0.717, 1.165) is 6.42 Å². The highest BCUT2D eigenvalue weighted by Gasteiger charge is 2.25. The lowest BCUT2D eigenvalue weighted by Gasteiger charge is -2.21. The molecule has 23 heavy (non-hydrogen) atoms. The third-order valence-corrected chi connectivity index (χ3v) is 3.44. The van der Waals surface area contributed by atoms with Crippen molar-refractivity contribution >= 4 is 17.5 Å². The average Bonchev–Trinajstić information content (AvgIpc) is 2.70. The zero-order valence-electron chi connectivity index (χ0n) is 14.1. The largest absolute Gasteiger partial charge is 0.490 e. The van der Waals surface area contributed by atoms with Crippen molar-refractivity contribution in [3.8, 4) is 11.5 Å². The normalized spacial score (nSPS) is 15.3. The maximum atomic E-state index is 12.2. The molecule has 1 aliphatic heterocycles. The Bertz CT molecular complexity index is 593. The predicted molar refractivity (Wildman–Crippen MR) is 87.7 cm³/mol. The van der Waals surface area contributed by atoms with Crippen LogP contribution in [-0.2, 0) is 9.59 Å². The topological polar surface area (TPSA) is 76.7 Å². The van der Waals surface area contributed by atoms with Gasteiger partial charge in [-0.1, -0.05) is 20.8 Å². The van der Waals surface area contributed by atoms with Gasteiger partial charge in [-0.05, 0) is 19.1 Å². The minimum Gasteiger partial charge on any atom is -0.490 e. The minimum atomic E-state index is -0.627. The molecule has 2 amide bonds. The van der Waals surface area contributed by atoms with Crippen LogP contribution < -0.4 is 20.1 Å². The third-order valence-electron chi connectivity index (χ3n) is 3.44. The minimum absolute atomic E-state index is 0.168. The van der Waals surface area contributed by atoms with Crippen molar-refractivity contribution in [3.63, 3.8) is 0 Å². The van der Waals surface area contributed by atoms with Gasteiger partial charge in [0.15, 0.2) is 11.5 Å². The summed E-state index contributed by atoms with van der Waals surface area (Å²) in [5.41, 5.74) is 0.0696. The molecule has 1 heterocycles. The molecule has 2 rings (SSSR count). The summed E-state index contributed by atoms with van der Waals surface area (Å²) >= 11 is 0. The first-order chi connectivity index (χ1) is 10.8. The van der Waals surface area contributed by atoms with Gasteiger partial charge in [0.05, 0.1) is 13.2 Å². The zero-order chi connectivity index (χ0) is 17.0. The van der Waals surface area contributed by atoms with Crippen LogP contribution in [0.5, 0.6) is 11.5 Å². The Morgan fingerprint density at radius 1 is 1.13 bits per heavy atom. The molecular weight excluding hydrogens is 296 g/mol. The van der Waals surface area contributed by atoms with Crippen molar-refractivity contribution in [2.75, 3.05) is 18.5 Å². The molecule has 0 fully saturated rings. The van der Waals surface area contributed by atoms with Gasteiger partial charge in [0.1, 0.15) is 6.04 Å². The van der Waals surface area contributed by atoms with Gasteiger partial charge in [-0.15, -0.1) is 0 Å². The summed E-state index contributed by atoms with van der Waals surface area (Å²) in [6.45, 7) is 8.27. The number of amides is 2. The van der Waals surface area contributed by atoms with E-state index in [9.17, 15) is 9.59 Å². The Labute approximate surface area is 136 Å². The van der Waals surface area contributed by atoms with E-state index in [-0.39, 0.29) is 11.8 Å². The molecule has 0 saturated heterocycles. The lowest BCUT2D eigenvalue weighted by Crippen LogP contribution is -2.46. The van der Waals surface area contributed by atoms with Gasteiger partial charge >= 0.3 is 0 Å². The number of fused-ring (bicyclic) bond motifs is 1. The Kier molecular flexibility index (Phi) is 5.13. The number of nitrogens with one attached hydrogen (secondary N) is 2. The van der Waals surface area contributed by atoms with E-state index in [1.165, 1.54) is 0 Å². The maximum Gasteiger partial charge on any atom is 0.246 e. The van der Waals surface area contributed by atoms with Crippen LogP contribution in [0.2, 0.25) is 0 Å². The van der Waals surface area contributed by atoms with E-state index in [0.29, 0.717) is 30.4 Å². The monoisotopic (exact) mass is 320 g/mol. The zero-order valence-corrected chi connectivity index (χ0v) is 14.1. The molecule has 0 radical (unpaired) electrons. The molecule has 0 aliphatic carbocycles. The Morgan fingerprint density at radius 3 is 2.43 bits per heavy atom. The average molecular weight is 320 g/mol. The number of hydrogen-bond acceptors (Lipinski definition) is 4. The Morgan fingerprint density at radius 2 is 1.78 bits per heavy atom. The molecule has 1 aliphatic rings. The summed E-state index contributed by atoms with van der Waals surface area (Å²) in [6.07, 6.45) is 0.826. The molecule has 0 aromatic heterocycles. The second-order valence-electron chi connectivity index (χ2n) is 6.65. The standard InChI is InChI=1S/C17H24N2O4/c1-11(18-16(21)17(2,3)4)15(20)19-12-6-7-13-14(10-12)23-9-5-8-22-13/h6-7,10-11H,5,8-9H2,1-4H3,(H,18,21)(H,19,20)/t11-/m0/s1. The summed E-state index contributed by atoms with van der Waals surface area (Å²) in [4.78, 5) is 24.1. The van der Waals surface area contributed by atoms with Crippen LogP contribution in [0, 0.1) is 5.41 Å². The number of anilines is 1. The van der Waals surface area contributed by atoms with Crippen molar-refractivity contribution < 1.29 is 19.1 Å². The molecule has 0 unspecified atom stereocenters. The van der Waals surface area contributed by atoms with Crippen LogP contribution >= 0.6 is 0 Å². The highest BCUT2D eigenvalue weighted by atomic mass is 16.5. The molecule has 1 atom stereocenters. The summed E-state index contributed by atoms with van der Waals surface area (Å²) in [5, 5.41) is 5.49. The number of benzene rings is 1. The molecule has 126 valence electrons. The Balaban J connectivity index is 2.00. The molecule has 6 heteroatoms. The molecule has 6 nitrogen and oxygen atoms in total. The van der Waals surface area contributed by atoms with E-state index < -0.39 is 11.5 Å². The van der Waals surface area contributed by atoms with Crippen LogP contribution in [-0.4, -0.2) is 31.1 Å². The predicted octanol–water partition coefficient (Wildman–Crippen LogP) is 2.34. The smallest absolute Gasteiger partial charge is 0.246 e. The van der Waals surface area contributed by atoms with Crippen LogP contribution in [0.3, 0.4) is 0 Å². The number of ether oxygens (including phenoxy) is 2. The first-order valence-corrected chi connectivity index (χ1v) is 7.79. The molecular formula is C17H24N2O4. The fourth-order valence-corrected chi connectivity index (χ4v) is 1.97. The van der Waals surface area contributed by atoms with Gasteiger partial charge in [-0.2, -0.15) is 0 Å². The van der Waals surface area contributed by atoms with Gasteiger partial charge < -0.3 is 20.1 Å². The van der Waals surface area contributed by atoms with Gasteiger partial charge in [0.2, 0.25) is 11.8 Å². The second kappa shape index (κ2) is 6.89. The molecule has 0 spiro atoms. The lowest BCUT2D eigenvalue weighted by atomic mass is 9.95. The quantitative estimate of drug-likeness (QED) is 0.896. The number of hydrogen-bond donors (Lipinski definition) is 2. The fourth-order valence-electron chi connectivity index (χ4n) is 1.97. The van der Waals surface area contributed by atoms with Gasteiger partial charge in [-0.3, -0.25) is 9.59 Å². The van der Waals surface area contributed by atoms with E-state index in [4.69, 9.17) is 9.47 Å². The fraction of sp³-hybridized carbons (Fsp3) is 0.529. The molecule has 0 bridgehead atoms. The molecule has 1 aromatic carbocycles. The Hall–Kier alpha value is -2.24. The number of carbonyl (C=O) groups is 2. The lowest BCUT2D eigenvalue weighted by molar-refractivity contribution is -0.131. The van der Waals surface area contributed by atoms with Gasteiger partial charge in [0, 0.05) is 23.6 Å². The van der Waals surface area contributed by atoms with Crippen LogP contribution in [0.4, 0.5) is 5.69 Å². The SMILES string of the molecule is C[C@H](NC(=O)C(C)(C)C)C(=O)Nc1ccc2c(c1)OCCCO2. The molecule has 2 N–H and O–H groups in total. The number of rotatable bonds is 3. The number of carbonyl (C=O) groups excluding carboxylic acids is 2.